The zero-order valence-electron chi connectivity index (χ0n) is 12.2. The van der Waals surface area contributed by atoms with Crippen molar-refractivity contribution in [2.45, 2.75) is 57.3 Å². The van der Waals surface area contributed by atoms with Crippen molar-refractivity contribution in [1.29, 1.82) is 0 Å². The van der Waals surface area contributed by atoms with E-state index in [4.69, 9.17) is 4.74 Å². The van der Waals surface area contributed by atoms with Crippen LogP contribution in [0.1, 0.15) is 38.2 Å². The molecular formula is C16H21BrN2O2. The SMILES string of the molecule is CC(Oc1c(Br)cccc1CNC1CC1)C(=O)NC1CC1. The molecule has 0 saturated heterocycles. The summed E-state index contributed by atoms with van der Waals surface area (Å²) in [7, 11) is 0. The second-order valence-corrected chi connectivity index (χ2v) is 6.78. The van der Waals surface area contributed by atoms with Crippen LogP contribution < -0.4 is 15.4 Å². The lowest BCUT2D eigenvalue weighted by Crippen LogP contribution is -2.37. The first-order valence-electron chi connectivity index (χ1n) is 7.61. The highest BCUT2D eigenvalue weighted by Gasteiger charge is 2.27. The third-order valence-electron chi connectivity index (χ3n) is 3.79. The first kappa shape index (κ1) is 14.9. The van der Waals surface area contributed by atoms with Gasteiger partial charge >= 0.3 is 0 Å². The molecule has 2 aliphatic carbocycles. The number of carbonyl (C=O) groups excluding carboxylic acids is 1. The molecule has 0 radical (unpaired) electrons. The van der Waals surface area contributed by atoms with Gasteiger partial charge in [-0.2, -0.15) is 0 Å². The number of benzene rings is 1. The highest BCUT2D eigenvalue weighted by molar-refractivity contribution is 9.10. The molecule has 5 heteroatoms. The molecule has 0 aliphatic heterocycles. The van der Waals surface area contributed by atoms with Gasteiger partial charge < -0.3 is 15.4 Å². The Bertz CT molecular complexity index is 527. The van der Waals surface area contributed by atoms with E-state index >= 15 is 0 Å². The molecule has 1 aromatic carbocycles. The maximum absolute atomic E-state index is 12.0. The second-order valence-electron chi connectivity index (χ2n) is 5.93. The molecule has 21 heavy (non-hydrogen) atoms. The van der Waals surface area contributed by atoms with Crippen LogP contribution in [0.2, 0.25) is 0 Å². The van der Waals surface area contributed by atoms with Crippen LogP contribution in [-0.4, -0.2) is 24.1 Å². The smallest absolute Gasteiger partial charge is 0.260 e. The van der Waals surface area contributed by atoms with Crippen molar-refractivity contribution >= 4 is 21.8 Å². The molecule has 0 aromatic heterocycles. The van der Waals surface area contributed by atoms with Crippen molar-refractivity contribution in [3.63, 3.8) is 0 Å². The Kier molecular flexibility index (Phi) is 4.50. The van der Waals surface area contributed by atoms with Crippen LogP contribution in [0.25, 0.3) is 0 Å². The predicted octanol–water partition coefficient (Wildman–Crippen LogP) is 2.75. The minimum Gasteiger partial charge on any atom is -0.479 e. The Morgan fingerprint density at radius 3 is 2.71 bits per heavy atom. The molecule has 0 spiro atoms. The summed E-state index contributed by atoms with van der Waals surface area (Å²) >= 11 is 3.53. The number of amides is 1. The third-order valence-corrected chi connectivity index (χ3v) is 4.42. The molecule has 4 nitrogen and oxygen atoms in total. The van der Waals surface area contributed by atoms with Crippen LogP contribution in [0.4, 0.5) is 0 Å². The largest absolute Gasteiger partial charge is 0.479 e. The van der Waals surface area contributed by atoms with E-state index in [1.807, 2.05) is 18.2 Å². The van der Waals surface area contributed by atoms with Gasteiger partial charge in [-0.05, 0) is 54.6 Å². The van der Waals surface area contributed by atoms with Gasteiger partial charge in [-0.1, -0.05) is 12.1 Å². The van der Waals surface area contributed by atoms with Crippen molar-refractivity contribution in [1.82, 2.24) is 10.6 Å². The molecule has 2 fully saturated rings. The molecule has 3 rings (SSSR count). The fourth-order valence-corrected chi connectivity index (χ4v) is 2.64. The van der Waals surface area contributed by atoms with Crippen LogP contribution in [-0.2, 0) is 11.3 Å². The van der Waals surface area contributed by atoms with Crippen molar-refractivity contribution < 1.29 is 9.53 Å². The van der Waals surface area contributed by atoms with Crippen molar-refractivity contribution in [3.8, 4) is 5.75 Å². The molecule has 2 N–H and O–H groups in total. The van der Waals surface area contributed by atoms with Gasteiger partial charge in [-0.25, -0.2) is 0 Å². The minimum atomic E-state index is -0.482. The zero-order chi connectivity index (χ0) is 14.8. The molecule has 2 saturated carbocycles. The maximum Gasteiger partial charge on any atom is 0.260 e. The lowest BCUT2D eigenvalue weighted by Gasteiger charge is -2.18. The van der Waals surface area contributed by atoms with E-state index in [1.165, 1.54) is 12.8 Å². The molecule has 2 aliphatic rings. The Morgan fingerprint density at radius 2 is 2.05 bits per heavy atom. The molecule has 1 aromatic rings. The Morgan fingerprint density at radius 1 is 1.33 bits per heavy atom. The molecule has 0 bridgehead atoms. The summed E-state index contributed by atoms with van der Waals surface area (Å²) in [4.78, 5) is 12.0. The number of rotatable bonds is 7. The predicted molar refractivity (Wildman–Crippen MR) is 85.3 cm³/mol. The van der Waals surface area contributed by atoms with E-state index in [0.29, 0.717) is 12.1 Å². The van der Waals surface area contributed by atoms with Crippen LogP contribution in [0.15, 0.2) is 22.7 Å². The van der Waals surface area contributed by atoms with E-state index in [0.717, 1.165) is 35.2 Å². The van der Waals surface area contributed by atoms with Crippen molar-refractivity contribution in [2.75, 3.05) is 0 Å². The van der Waals surface area contributed by atoms with Crippen LogP contribution in [0.5, 0.6) is 5.75 Å². The zero-order valence-corrected chi connectivity index (χ0v) is 13.8. The van der Waals surface area contributed by atoms with Crippen LogP contribution in [0, 0.1) is 0 Å². The molecule has 0 heterocycles. The minimum absolute atomic E-state index is 0.0330. The van der Waals surface area contributed by atoms with E-state index in [1.54, 1.807) is 6.92 Å². The lowest BCUT2D eigenvalue weighted by molar-refractivity contribution is -0.127. The van der Waals surface area contributed by atoms with Crippen LogP contribution >= 0.6 is 15.9 Å². The molecule has 114 valence electrons. The van der Waals surface area contributed by atoms with Crippen molar-refractivity contribution in [3.05, 3.63) is 28.2 Å². The van der Waals surface area contributed by atoms with Gasteiger partial charge in [-0.15, -0.1) is 0 Å². The van der Waals surface area contributed by atoms with Gasteiger partial charge in [0.15, 0.2) is 6.10 Å². The standard InChI is InChI=1S/C16H21BrN2O2/c1-10(16(20)19-13-7-8-13)21-15-11(3-2-4-14(15)17)9-18-12-5-6-12/h2-4,10,12-13,18H,5-9H2,1H3,(H,19,20). The fraction of sp³-hybridized carbons (Fsp3) is 0.562. The van der Waals surface area contributed by atoms with Crippen LogP contribution in [0.3, 0.4) is 0 Å². The summed E-state index contributed by atoms with van der Waals surface area (Å²) in [6.45, 7) is 2.58. The quantitative estimate of drug-likeness (QED) is 0.793. The van der Waals surface area contributed by atoms with Gasteiger partial charge in [0.05, 0.1) is 4.47 Å². The summed E-state index contributed by atoms with van der Waals surface area (Å²) in [5.74, 6) is 0.735. The van der Waals surface area contributed by atoms with Gasteiger partial charge in [0.1, 0.15) is 5.75 Å². The summed E-state index contributed by atoms with van der Waals surface area (Å²) < 4.78 is 6.81. The van der Waals surface area contributed by atoms with Gasteiger partial charge in [0.2, 0.25) is 0 Å². The average Bonchev–Trinajstić information content (AvgIpc) is 3.33. The number of carbonyl (C=O) groups is 1. The first-order chi connectivity index (χ1) is 10.1. The van der Waals surface area contributed by atoms with E-state index < -0.39 is 6.10 Å². The number of halogens is 1. The highest BCUT2D eigenvalue weighted by Crippen LogP contribution is 2.31. The normalized spacial score (nSPS) is 19.1. The maximum atomic E-state index is 12.0. The summed E-state index contributed by atoms with van der Waals surface area (Å²) in [6.07, 6.45) is 4.20. The second kappa shape index (κ2) is 6.36. The number of para-hydroxylation sites is 1. The lowest BCUT2D eigenvalue weighted by atomic mass is 10.2. The molecule has 1 amide bonds. The average molecular weight is 353 g/mol. The number of hydrogen-bond donors (Lipinski definition) is 2. The summed E-state index contributed by atoms with van der Waals surface area (Å²) in [5.41, 5.74) is 1.09. The third kappa shape index (κ3) is 4.20. The number of hydrogen-bond acceptors (Lipinski definition) is 3. The van der Waals surface area contributed by atoms with Gasteiger partial charge in [0.25, 0.3) is 5.91 Å². The van der Waals surface area contributed by atoms with Crippen molar-refractivity contribution in [2.24, 2.45) is 0 Å². The Labute approximate surface area is 133 Å². The summed E-state index contributed by atoms with van der Waals surface area (Å²) in [6, 6.07) is 6.99. The van der Waals surface area contributed by atoms with Gasteiger partial charge in [0, 0.05) is 24.2 Å². The fourth-order valence-electron chi connectivity index (χ4n) is 2.14. The van der Waals surface area contributed by atoms with E-state index in [9.17, 15) is 4.79 Å². The highest BCUT2D eigenvalue weighted by atomic mass is 79.9. The van der Waals surface area contributed by atoms with E-state index in [2.05, 4.69) is 26.6 Å². The van der Waals surface area contributed by atoms with Gasteiger partial charge in [-0.3, -0.25) is 4.79 Å². The Balaban J connectivity index is 1.65. The molecule has 1 unspecified atom stereocenters. The Hall–Kier alpha value is -1.07. The number of ether oxygens (including phenoxy) is 1. The van der Waals surface area contributed by atoms with E-state index in [-0.39, 0.29) is 5.91 Å². The summed E-state index contributed by atoms with van der Waals surface area (Å²) in [5, 5.41) is 6.46. The number of nitrogens with one attached hydrogen (secondary N) is 2. The monoisotopic (exact) mass is 352 g/mol. The topological polar surface area (TPSA) is 50.4 Å². The molecular weight excluding hydrogens is 332 g/mol. The molecule has 1 atom stereocenters. The first-order valence-corrected chi connectivity index (χ1v) is 8.40.